The van der Waals surface area contributed by atoms with Crippen molar-refractivity contribution >= 4 is 40.7 Å². The summed E-state index contributed by atoms with van der Waals surface area (Å²) in [7, 11) is 1.69. The Kier molecular flexibility index (Phi) is 6.37. The SMILES string of the molecule is CN(Cc1nc(-c2ccc(Cl)cc2)no1)C(=O)CCc1ccc(Cl)cc1Cl. The number of amides is 1. The van der Waals surface area contributed by atoms with Gasteiger partial charge in [0.25, 0.3) is 0 Å². The number of benzene rings is 2. The summed E-state index contributed by atoms with van der Waals surface area (Å²) in [5.41, 5.74) is 1.67. The highest BCUT2D eigenvalue weighted by Gasteiger charge is 2.15. The van der Waals surface area contributed by atoms with Crippen LogP contribution in [0.5, 0.6) is 0 Å². The largest absolute Gasteiger partial charge is 0.337 e. The summed E-state index contributed by atoms with van der Waals surface area (Å²) in [6.07, 6.45) is 0.842. The molecule has 0 saturated carbocycles. The number of aryl methyl sites for hydroxylation is 1. The minimum atomic E-state index is -0.0488. The van der Waals surface area contributed by atoms with Gasteiger partial charge in [0, 0.05) is 34.1 Å². The van der Waals surface area contributed by atoms with Crippen molar-refractivity contribution in [2.45, 2.75) is 19.4 Å². The molecule has 0 aliphatic rings. The molecule has 0 unspecified atom stereocenters. The summed E-state index contributed by atoms with van der Waals surface area (Å²) in [6, 6.07) is 12.4. The molecule has 0 radical (unpaired) electrons. The van der Waals surface area contributed by atoms with Gasteiger partial charge in [-0.3, -0.25) is 4.79 Å². The number of aromatic nitrogens is 2. The second-order valence-corrected chi connectivity index (χ2v) is 7.28. The molecule has 1 heterocycles. The molecular weight excluding hydrogens is 409 g/mol. The van der Waals surface area contributed by atoms with Crippen molar-refractivity contribution < 1.29 is 9.32 Å². The zero-order valence-electron chi connectivity index (χ0n) is 14.5. The van der Waals surface area contributed by atoms with E-state index in [9.17, 15) is 4.79 Å². The maximum atomic E-state index is 12.4. The van der Waals surface area contributed by atoms with E-state index in [1.807, 2.05) is 18.2 Å². The lowest BCUT2D eigenvalue weighted by molar-refractivity contribution is -0.130. The third-order valence-corrected chi connectivity index (χ3v) is 4.83. The quantitative estimate of drug-likeness (QED) is 0.539. The molecular formula is C19H16Cl3N3O2. The molecule has 0 bridgehead atoms. The van der Waals surface area contributed by atoms with Gasteiger partial charge in [0.05, 0.1) is 6.54 Å². The molecule has 0 atom stereocenters. The van der Waals surface area contributed by atoms with Gasteiger partial charge in [-0.1, -0.05) is 46.0 Å². The average molecular weight is 425 g/mol. The van der Waals surface area contributed by atoms with E-state index in [-0.39, 0.29) is 12.5 Å². The van der Waals surface area contributed by atoms with Crippen LogP contribution in [0.1, 0.15) is 17.9 Å². The maximum absolute atomic E-state index is 12.4. The van der Waals surface area contributed by atoms with Crippen LogP contribution in [0.2, 0.25) is 15.1 Å². The summed E-state index contributed by atoms with van der Waals surface area (Å²) in [6.45, 7) is 0.230. The minimum absolute atomic E-state index is 0.0488. The lowest BCUT2D eigenvalue weighted by Gasteiger charge is -2.15. The summed E-state index contributed by atoms with van der Waals surface area (Å²) in [5.74, 6) is 0.767. The van der Waals surface area contributed by atoms with Gasteiger partial charge in [-0.25, -0.2) is 0 Å². The zero-order valence-corrected chi connectivity index (χ0v) is 16.7. The first-order chi connectivity index (χ1) is 12.9. The second kappa shape index (κ2) is 8.74. The Balaban J connectivity index is 1.57. The van der Waals surface area contributed by atoms with Crippen LogP contribution in [0.25, 0.3) is 11.4 Å². The van der Waals surface area contributed by atoms with Crippen molar-refractivity contribution in [1.29, 1.82) is 0 Å². The number of rotatable bonds is 6. The van der Waals surface area contributed by atoms with E-state index >= 15 is 0 Å². The fourth-order valence-corrected chi connectivity index (χ4v) is 3.11. The topological polar surface area (TPSA) is 59.2 Å². The molecule has 8 heteroatoms. The molecule has 1 aromatic heterocycles. The lowest BCUT2D eigenvalue weighted by Crippen LogP contribution is -2.26. The van der Waals surface area contributed by atoms with Gasteiger partial charge < -0.3 is 9.42 Å². The smallest absolute Gasteiger partial charge is 0.246 e. The minimum Gasteiger partial charge on any atom is -0.337 e. The summed E-state index contributed by atoms with van der Waals surface area (Å²) >= 11 is 17.9. The third-order valence-electron chi connectivity index (χ3n) is 3.99. The van der Waals surface area contributed by atoms with E-state index in [4.69, 9.17) is 39.3 Å². The van der Waals surface area contributed by atoms with E-state index < -0.39 is 0 Å². The predicted octanol–water partition coefficient (Wildman–Crippen LogP) is 5.29. The molecule has 0 saturated heterocycles. The van der Waals surface area contributed by atoms with Crippen molar-refractivity contribution in [2.24, 2.45) is 0 Å². The van der Waals surface area contributed by atoms with Crippen LogP contribution in [-0.2, 0) is 17.8 Å². The summed E-state index contributed by atoms with van der Waals surface area (Å²) in [5, 5.41) is 5.71. The lowest BCUT2D eigenvalue weighted by atomic mass is 10.1. The first-order valence-electron chi connectivity index (χ1n) is 8.19. The highest BCUT2D eigenvalue weighted by molar-refractivity contribution is 6.35. The normalized spacial score (nSPS) is 10.8. The van der Waals surface area contributed by atoms with Gasteiger partial charge in [0.15, 0.2) is 0 Å². The molecule has 5 nitrogen and oxygen atoms in total. The monoisotopic (exact) mass is 423 g/mol. The molecule has 1 amide bonds. The van der Waals surface area contributed by atoms with Gasteiger partial charge in [0.2, 0.25) is 17.6 Å². The first-order valence-corrected chi connectivity index (χ1v) is 9.32. The van der Waals surface area contributed by atoms with Crippen molar-refractivity contribution in [3.63, 3.8) is 0 Å². The molecule has 3 rings (SSSR count). The van der Waals surface area contributed by atoms with Crippen LogP contribution >= 0.6 is 34.8 Å². The fourth-order valence-electron chi connectivity index (χ4n) is 2.48. The van der Waals surface area contributed by atoms with Crippen LogP contribution < -0.4 is 0 Å². The van der Waals surface area contributed by atoms with Crippen molar-refractivity contribution in [3.05, 3.63) is 69.0 Å². The molecule has 0 spiro atoms. The Bertz CT molecular complexity index is 942. The second-order valence-electron chi connectivity index (χ2n) is 6.00. The number of nitrogens with zero attached hydrogens (tertiary/aromatic N) is 3. The molecule has 0 aliphatic heterocycles. The van der Waals surface area contributed by atoms with Gasteiger partial charge in [-0.2, -0.15) is 4.98 Å². The maximum Gasteiger partial charge on any atom is 0.246 e. The number of halogens is 3. The van der Waals surface area contributed by atoms with Crippen LogP contribution in [0.15, 0.2) is 47.0 Å². The third kappa shape index (κ3) is 5.22. The molecule has 2 aromatic carbocycles. The van der Waals surface area contributed by atoms with Gasteiger partial charge >= 0.3 is 0 Å². The number of hydrogen-bond donors (Lipinski definition) is 0. The fraction of sp³-hybridized carbons (Fsp3) is 0.211. The van der Waals surface area contributed by atoms with Crippen LogP contribution in [-0.4, -0.2) is 28.0 Å². The van der Waals surface area contributed by atoms with E-state index in [1.165, 1.54) is 0 Å². The first kappa shape index (κ1) is 19.7. The van der Waals surface area contributed by atoms with Gasteiger partial charge in [-0.15, -0.1) is 0 Å². The predicted molar refractivity (Wildman–Crippen MR) is 106 cm³/mol. The number of carbonyl (C=O) groups excluding carboxylic acids is 1. The van der Waals surface area contributed by atoms with Crippen LogP contribution in [0, 0.1) is 0 Å². The van der Waals surface area contributed by atoms with Crippen molar-refractivity contribution in [1.82, 2.24) is 15.0 Å². The Hall–Kier alpha value is -2.08. The van der Waals surface area contributed by atoms with E-state index in [1.54, 1.807) is 36.2 Å². The van der Waals surface area contributed by atoms with E-state index in [0.29, 0.717) is 39.6 Å². The van der Waals surface area contributed by atoms with Crippen LogP contribution in [0.3, 0.4) is 0 Å². The standard InChI is InChI=1S/C19H16Cl3N3O2/c1-25(18(26)9-5-12-2-8-15(21)10-16(12)22)11-17-23-19(24-27-17)13-3-6-14(20)7-4-13/h2-4,6-8,10H,5,9,11H2,1H3. The molecule has 27 heavy (non-hydrogen) atoms. The van der Waals surface area contributed by atoms with Crippen molar-refractivity contribution in [2.75, 3.05) is 7.05 Å². The van der Waals surface area contributed by atoms with Gasteiger partial charge in [-0.05, 0) is 48.4 Å². The Morgan fingerprint density at radius 1 is 1.07 bits per heavy atom. The molecule has 0 N–H and O–H groups in total. The Morgan fingerprint density at radius 2 is 1.78 bits per heavy atom. The Labute approximate surface area is 171 Å². The highest BCUT2D eigenvalue weighted by Crippen LogP contribution is 2.22. The molecule has 140 valence electrons. The number of carbonyl (C=O) groups is 1. The molecule has 0 fully saturated rings. The summed E-state index contributed by atoms with van der Waals surface area (Å²) in [4.78, 5) is 18.2. The zero-order chi connectivity index (χ0) is 19.4. The van der Waals surface area contributed by atoms with Crippen molar-refractivity contribution in [3.8, 4) is 11.4 Å². The number of hydrogen-bond acceptors (Lipinski definition) is 4. The average Bonchev–Trinajstić information content (AvgIpc) is 3.09. The highest BCUT2D eigenvalue weighted by atomic mass is 35.5. The molecule has 0 aliphatic carbocycles. The van der Waals surface area contributed by atoms with E-state index in [0.717, 1.165) is 11.1 Å². The summed E-state index contributed by atoms with van der Waals surface area (Å²) < 4.78 is 5.24. The van der Waals surface area contributed by atoms with Crippen LogP contribution in [0.4, 0.5) is 0 Å². The van der Waals surface area contributed by atoms with E-state index in [2.05, 4.69) is 10.1 Å². The molecule has 3 aromatic rings. The Morgan fingerprint density at radius 3 is 2.48 bits per heavy atom. The van der Waals surface area contributed by atoms with Gasteiger partial charge in [0.1, 0.15) is 0 Å².